The Balaban J connectivity index is 0.000000130. The van der Waals surface area contributed by atoms with Crippen molar-refractivity contribution in [3.8, 4) is 43.1 Å². The molecule has 8 aromatic heterocycles. The van der Waals surface area contributed by atoms with Crippen LogP contribution in [0.1, 0.15) is 83.3 Å². The van der Waals surface area contributed by atoms with Gasteiger partial charge in [0.05, 0.1) is 70.1 Å². The fourth-order valence-corrected chi connectivity index (χ4v) is 15.6. The third kappa shape index (κ3) is 18.7. The van der Waals surface area contributed by atoms with E-state index in [1.165, 1.54) is 45.1 Å². The molecule has 0 aliphatic carbocycles. The fraction of sp³-hybridized carbons (Fsp3) is 0.200. The van der Waals surface area contributed by atoms with Crippen molar-refractivity contribution >= 4 is 159 Å². The summed E-state index contributed by atoms with van der Waals surface area (Å²) in [6.07, 6.45) is 5.29. The lowest BCUT2D eigenvalue weighted by atomic mass is 9.87. The Morgan fingerprint density at radius 2 is 0.820 bits per heavy atom. The molecule has 0 saturated carbocycles. The van der Waals surface area contributed by atoms with Crippen molar-refractivity contribution < 1.29 is 19.2 Å². The first kappa shape index (κ1) is 77.8. The van der Waals surface area contributed by atoms with Crippen molar-refractivity contribution in [3.63, 3.8) is 0 Å². The average molecular weight is 1590 g/mol. The van der Waals surface area contributed by atoms with E-state index in [-0.39, 0.29) is 60.0 Å². The lowest BCUT2D eigenvalue weighted by Gasteiger charge is -2.24. The Labute approximate surface area is 668 Å². The number of imidazole rings is 4. The lowest BCUT2D eigenvalue weighted by Crippen LogP contribution is -2.30. The molecule has 16 rings (SSSR count). The molecule has 4 N–H and O–H groups in total. The van der Waals surface area contributed by atoms with Crippen molar-refractivity contribution in [2.45, 2.75) is 106 Å². The van der Waals surface area contributed by atoms with Gasteiger partial charge in [-0.3, -0.25) is 24.2 Å². The maximum Gasteiger partial charge on any atom is 0.247 e. The van der Waals surface area contributed by atoms with Gasteiger partial charge in [-0.1, -0.05) is 151 Å². The quantitative estimate of drug-likeness (QED) is 0.0666. The fourth-order valence-electron chi connectivity index (χ4n) is 12.6. The van der Waals surface area contributed by atoms with E-state index < -0.39 is 6.04 Å². The van der Waals surface area contributed by atoms with E-state index in [1.54, 1.807) is 84.0 Å². The van der Waals surface area contributed by atoms with Crippen molar-refractivity contribution in [1.29, 1.82) is 0 Å². The number of halogens is 2. The van der Waals surface area contributed by atoms with E-state index >= 15 is 0 Å². The zero-order valence-corrected chi connectivity index (χ0v) is 67.4. The van der Waals surface area contributed by atoms with Gasteiger partial charge in [-0.15, -0.1) is 45.3 Å². The number of carbonyl (C=O) groups is 4. The van der Waals surface area contributed by atoms with Crippen LogP contribution in [0, 0.1) is 19.8 Å². The van der Waals surface area contributed by atoms with Gasteiger partial charge in [-0.2, -0.15) is 0 Å². The molecule has 20 nitrogen and oxygen atoms in total. The number of thiazole rings is 4. The third-order valence-electron chi connectivity index (χ3n) is 18.0. The molecular weight excluding hydrogens is 1510 g/mol. The van der Waals surface area contributed by atoms with E-state index in [4.69, 9.17) is 38.2 Å². The number of nitrogens with one attached hydrogen (secondary N) is 4. The Morgan fingerprint density at radius 3 is 1.23 bits per heavy atom. The summed E-state index contributed by atoms with van der Waals surface area (Å²) in [5.74, 6) is 2.60. The summed E-state index contributed by atoms with van der Waals surface area (Å²) in [7, 11) is 0. The zero-order valence-electron chi connectivity index (χ0n) is 62.6. The van der Waals surface area contributed by atoms with Crippen molar-refractivity contribution in [3.05, 3.63) is 261 Å². The number of fused-ring (bicyclic) bond motifs is 4. The molecule has 0 aliphatic rings. The Hall–Kier alpha value is -11.4. The van der Waals surface area contributed by atoms with Gasteiger partial charge in [0, 0.05) is 62.1 Å². The van der Waals surface area contributed by atoms with E-state index in [2.05, 4.69) is 112 Å². The smallest absolute Gasteiger partial charge is 0.247 e. The number of hydrogen-bond donors (Lipinski definition) is 4. The van der Waals surface area contributed by atoms with Crippen LogP contribution in [0.15, 0.2) is 229 Å². The van der Waals surface area contributed by atoms with E-state index in [9.17, 15) is 19.2 Å². The van der Waals surface area contributed by atoms with Gasteiger partial charge >= 0.3 is 0 Å². The van der Waals surface area contributed by atoms with Crippen LogP contribution in [0.5, 0.6) is 0 Å². The van der Waals surface area contributed by atoms with Crippen LogP contribution in [0.2, 0.25) is 10.0 Å². The topological polar surface area (TPSA) is 239 Å². The Kier molecular flexibility index (Phi) is 24.0. The Morgan fingerprint density at radius 1 is 0.441 bits per heavy atom. The molecule has 111 heavy (non-hydrogen) atoms. The third-order valence-corrected chi connectivity index (χ3v) is 21.8. The van der Waals surface area contributed by atoms with Gasteiger partial charge in [0.1, 0.15) is 25.7 Å². The molecule has 0 saturated heterocycles. The molecule has 1 unspecified atom stereocenters. The maximum absolute atomic E-state index is 13.3. The van der Waals surface area contributed by atoms with Gasteiger partial charge in [-0.25, -0.2) is 34.9 Å². The first-order valence-corrected chi connectivity index (χ1v) is 40.0. The van der Waals surface area contributed by atoms with Crippen molar-refractivity contribution in [2.24, 2.45) is 5.92 Å². The zero-order chi connectivity index (χ0) is 78.1. The number of para-hydroxylation sites is 8. The summed E-state index contributed by atoms with van der Waals surface area (Å²) < 4.78 is 7.82. The normalized spacial score (nSPS) is 11.7. The highest BCUT2D eigenvalue weighted by Gasteiger charge is 2.31. The van der Waals surface area contributed by atoms with Crippen LogP contribution in [0.25, 0.3) is 87.2 Å². The van der Waals surface area contributed by atoms with E-state index in [0.717, 1.165) is 103 Å². The number of hydrogen-bond acceptors (Lipinski definition) is 16. The van der Waals surface area contributed by atoms with Crippen LogP contribution >= 0.6 is 68.5 Å². The SMILES string of the molecule is CC(C)(C)c1ccc(NC(=O)Cn2c(-c3cncs3)nc3ccccc32)cc1.CC(C)(C)c1ccc(NC(=O)Cn2c(-c3nccs3)nc3ccccc32)cc1.CC(C)C(C(=O)Nc1ccc(Cl)cc1)n1c(-c2nccs2)nc2ccccc21.Cc1nc(C)c(-c2nc3ccccc3n2CC(=O)Nc2ccc(Cl)cc2)s1. The van der Waals surface area contributed by atoms with E-state index in [0.29, 0.717) is 27.2 Å². The Bertz CT molecular complexity index is 5720. The van der Waals surface area contributed by atoms with Crippen LogP contribution in [0.4, 0.5) is 22.7 Å². The van der Waals surface area contributed by atoms with Gasteiger partial charge in [-0.05, 0) is 163 Å². The predicted octanol–water partition coefficient (Wildman–Crippen LogP) is 20.9. The van der Waals surface area contributed by atoms with Crippen LogP contribution in [-0.2, 0) is 49.6 Å². The van der Waals surface area contributed by atoms with Crippen LogP contribution in [0.3, 0.4) is 0 Å². The molecule has 8 aromatic carbocycles. The van der Waals surface area contributed by atoms with Gasteiger partial charge in [0.25, 0.3) is 0 Å². The standard InChI is InChI=1S/2C22H22N4OS.C21H19ClN4OS.C20H17ClN4OS/c1-22(2,3)15-8-10-16(11-9-15)24-20(27)13-26-18-7-5-4-6-17(18)25-21(26)19-12-23-14-28-19;1-22(2,3)15-8-10-16(11-9-15)24-19(27)14-26-18-7-5-4-6-17(18)25-20(26)21-23-12-13-28-21;1-13(2)18(20(27)24-15-9-7-14(22)8-10-15)26-17-6-4-3-5-16(17)25-19(26)21-23-11-12-28-21;1-12-19(27-13(2)22-12)20-24-16-5-3-4-6-17(16)25(20)11-18(26)23-15-9-7-14(21)8-10-15/h4-12,14H,13H2,1-3H3,(H,24,27);4-13H,14H2,1-3H3,(H,24,27);3-13,18H,1-2H3,(H,24,27);3-10H,11H2,1-2H3,(H,23,26). The van der Waals surface area contributed by atoms with E-state index in [1.807, 2.05) is 178 Å². The molecule has 8 heterocycles. The highest BCUT2D eigenvalue weighted by atomic mass is 35.5. The summed E-state index contributed by atoms with van der Waals surface area (Å²) in [6.45, 7) is 21.6. The molecule has 1 atom stereocenters. The summed E-state index contributed by atoms with van der Waals surface area (Å²) in [5, 5.41) is 19.6. The summed E-state index contributed by atoms with van der Waals surface area (Å²) in [5.41, 5.74) is 15.5. The number of anilines is 4. The molecule has 562 valence electrons. The second kappa shape index (κ2) is 34.3. The van der Waals surface area contributed by atoms with Gasteiger partial charge < -0.3 is 39.5 Å². The predicted molar refractivity (Wildman–Crippen MR) is 454 cm³/mol. The second-order valence-electron chi connectivity index (χ2n) is 28.5. The molecule has 4 amide bonds. The molecule has 0 fully saturated rings. The highest BCUT2D eigenvalue weighted by Crippen LogP contribution is 2.37. The maximum atomic E-state index is 13.3. The first-order valence-electron chi connectivity index (χ1n) is 35.8. The molecule has 0 aliphatic heterocycles. The molecule has 0 bridgehead atoms. The number of aromatic nitrogens is 12. The number of benzene rings is 8. The lowest BCUT2D eigenvalue weighted by molar-refractivity contribution is -0.120. The molecular formula is C85H80Cl2N16O4S4. The number of aryl methyl sites for hydroxylation is 2. The first-order chi connectivity index (χ1) is 53.4. The highest BCUT2D eigenvalue weighted by molar-refractivity contribution is 7.15. The summed E-state index contributed by atoms with van der Waals surface area (Å²) >= 11 is 18.0. The summed E-state index contributed by atoms with van der Waals surface area (Å²) in [4.78, 5) is 89.8. The minimum absolute atomic E-state index is 0.0450. The monoisotopic (exact) mass is 1590 g/mol. The summed E-state index contributed by atoms with van der Waals surface area (Å²) in [6, 6.07) is 61.1. The number of rotatable bonds is 17. The molecule has 0 spiro atoms. The van der Waals surface area contributed by atoms with Crippen LogP contribution < -0.4 is 21.3 Å². The minimum atomic E-state index is -0.443. The minimum Gasteiger partial charge on any atom is -0.325 e. The average Bonchev–Trinajstić information content (AvgIpc) is 1.62. The van der Waals surface area contributed by atoms with Gasteiger partial charge in [0.15, 0.2) is 33.3 Å². The van der Waals surface area contributed by atoms with Crippen molar-refractivity contribution in [1.82, 2.24) is 58.1 Å². The molecule has 0 radical (unpaired) electrons. The largest absolute Gasteiger partial charge is 0.325 e. The van der Waals surface area contributed by atoms with Crippen LogP contribution in [-0.4, -0.2) is 81.8 Å². The number of amides is 4. The van der Waals surface area contributed by atoms with Crippen molar-refractivity contribution in [2.75, 3.05) is 21.3 Å². The molecule has 26 heteroatoms. The van der Waals surface area contributed by atoms with Gasteiger partial charge in [0.2, 0.25) is 23.6 Å². The number of carbonyl (C=O) groups excluding carboxylic acids is 4. The molecule has 16 aromatic rings. The number of nitrogens with zero attached hydrogens (tertiary/aromatic N) is 12. The second-order valence-corrected chi connectivity index (χ2v) is 33.3.